The van der Waals surface area contributed by atoms with Gasteiger partial charge >= 0.3 is 0 Å². The van der Waals surface area contributed by atoms with Crippen molar-refractivity contribution in [1.29, 1.82) is 0 Å². The Kier molecular flexibility index (Phi) is 8.55. The number of aliphatic hydroxyl groups excluding tert-OH is 1. The maximum absolute atomic E-state index is 10.5. The van der Waals surface area contributed by atoms with Crippen molar-refractivity contribution in [3.63, 3.8) is 0 Å². The Balaban J connectivity index is 1.63. The van der Waals surface area contributed by atoms with Gasteiger partial charge in [-0.3, -0.25) is 0 Å². The zero-order chi connectivity index (χ0) is 21.3. The molecule has 0 saturated heterocycles. The highest BCUT2D eigenvalue weighted by Crippen LogP contribution is 2.29. The van der Waals surface area contributed by atoms with Crippen LogP contribution in [0.4, 0.5) is 0 Å². The molecule has 0 radical (unpaired) electrons. The number of benzene rings is 2. The number of methoxy groups -OCH3 is 2. The molecule has 3 atom stereocenters. The lowest BCUT2D eigenvalue weighted by Crippen LogP contribution is -2.42. The lowest BCUT2D eigenvalue weighted by molar-refractivity contribution is 0.00444. The highest BCUT2D eigenvalue weighted by molar-refractivity contribution is 5.36. The number of hydrogen-bond acceptors (Lipinski definition) is 5. The second-order valence-electron chi connectivity index (χ2n) is 8.19. The first-order chi connectivity index (χ1) is 14.6. The molecule has 1 saturated carbocycles. The summed E-state index contributed by atoms with van der Waals surface area (Å²) in [7, 11) is 3.31. The molecule has 5 heteroatoms. The zero-order valence-corrected chi connectivity index (χ0v) is 18.3. The molecule has 2 aromatic carbocycles. The second kappa shape index (κ2) is 11.3. The van der Waals surface area contributed by atoms with Crippen LogP contribution in [0.3, 0.4) is 0 Å². The molecule has 1 aliphatic rings. The Hall–Kier alpha value is -2.08. The Labute approximate surface area is 180 Å². The van der Waals surface area contributed by atoms with Crippen LogP contribution in [0.25, 0.3) is 0 Å². The minimum Gasteiger partial charge on any atom is -0.497 e. The van der Waals surface area contributed by atoms with Gasteiger partial charge in [0.15, 0.2) is 0 Å². The van der Waals surface area contributed by atoms with Gasteiger partial charge in [-0.1, -0.05) is 44.0 Å². The van der Waals surface area contributed by atoms with E-state index >= 15 is 0 Å². The summed E-state index contributed by atoms with van der Waals surface area (Å²) in [6.45, 7) is 3.10. The van der Waals surface area contributed by atoms with Crippen molar-refractivity contribution in [1.82, 2.24) is 5.32 Å². The zero-order valence-electron chi connectivity index (χ0n) is 18.3. The number of ether oxygens (including phenoxy) is 3. The predicted octanol–water partition coefficient (Wildman–Crippen LogP) is 4.34. The van der Waals surface area contributed by atoms with Crippen molar-refractivity contribution >= 4 is 0 Å². The van der Waals surface area contributed by atoms with Crippen LogP contribution < -0.4 is 14.8 Å². The van der Waals surface area contributed by atoms with Crippen LogP contribution in [-0.2, 0) is 4.74 Å². The van der Waals surface area contributed by atoms with Crippen molar-refractivity contribution in [2.45, 2.75) is 50.9 Å². The van der Waals surface area contributed by atoms with Gasteiger partial charge in [-0.25, -0.2) is 0 Å². The van der Waals surface area contributed by atoms with E-state index in [1.54, 1.807) is 14.2 Å². The molecule has 2 N–H and O–H groups in total. The highest BCUT2D eigenvalue weighted by Gasteiger charge is 2.22. The van der Waals surface area contributed by atoms with Crippen molar-refractivity contribution in [3.05, 3.63) is 59.7 Å². The summed E-state index contributed by atoms with van der Waals surface area (Å²) in [5.74, 6) is 2.27. The van der Waals surface area contributed by atoms with Crippen LogP contribution in [0, 0.1) is 5.92 Å². The third-order valence-corrected chi connectivity index (χ3v) is 6.02. The molecule has 164 valence electrons. The summed E-state index contributed by atoms with van der Waals surface area (Å²) >= 11 is 0. The Morgan fingerprint density at radius 1 is 0.900 bits per heavy atom. The summed E-state index contributed by atoms with van der Waals surface area (Å²) in [4.78, 5) is 0. The lowest BCUT2D eigenvalue weighted by atomic mass is 9.86. The summed E-state index contributed by atoms with van der Waals surface area (Å²) in [5, 5.41) is 14.1. The van der Waals surface area contributed by atoms with Crippen LogP contribution in [0.1, 0.15) is 49.8 Å². The quantitative estimate of drug-likeness (QED) is 0.607. The van der Waals surface area contributed by atoms with Crippen LogP contribution >= 0.6 is 0 Å². The average Bonchev–Trinajstić information content (AvgIpc) is 2.79. The minimum atomic E-state index is -0.557. The first-order valence-corrected chi connectivity index (χ1v) is 10.9. The second-order valence-corrected chi connectivity index (χ2v) is 8.19. The molecule has 2 aromatic rings. The molecule has 1 fully saturated rings. The fourth-order valence-corrected chi connectivity index (χ4v) is 4.12. The first-order valence-electron chi connectivity index (χ1n) is 10.9. The molecule has 5 nitrogen and oxygen atoms in total. The summed E-state index contributed by atoms with van der Waals surface area (Å²) in [6.07, 6.45) is 4.21. The summed E-state index contributed by atoms with van der Waals surface area (Å²) < 4.78 is 16.8. The fourth-order valence-electron chi connectivity index (χ4n) is 4.12. The molecule has 1 aliphatic carbocycles. The van der Waals surface area contributed by atoms with Gasteiger partial charge < -0.3 is 24.6 Å². The molecule has 3 rings (SSSR count). The molecule has 30 heavy (non-hydrogen) atoms. The van der Waals surface area contributed by atoms with E-state index < -0.39 is 6.10 Å². The number of hydrogen-bond donors (Lipinski definition) is 2. The number of aliphatic hydroxyl groups is 1. The van der Waals surface area contributed by atoms with E-state index in [1.165, 1.54) is 25.7 Å². The largest absolute Gasteiger partial charge is 0.497 e. The molecule has 0 aromatic heterocycles. The van der Waals surface area contributed by atoms with Crippen LogP contribution in [0.15, 0.2) is 48.5 Å². The summed E-state index contributed by atoms with van der Waals surface area (Å²) in [6, 6.07) is 16.2. The van der Waals surface area contributed by atoms with Gasteiger partial charge in [0.2, 0.25) is 0 Å². The molecule has 0 aliphatic heterocycles. The van der Waals surface area contributed by atoms with Crippen LogP contribution in [0.2, 0.25) is 0 Å². The van der Waals surface area contributed by atoms with Gasteiger partial charge in [0.25, 0.3) is 0 Å². The highest BCUT2D eigenvalue weighted by atomic mass is 16.5. The molecule has 0 unspecified atom stereocenters. The van der Waals surface area contributed by atoms with Crippen LogP contribution in [0.5, 0.6) is 11.5 Å². The van der Waals surface area contributed by atoms with E-state index in [9.17, 15) is 5.11 Å². The molecule has 0 heterocycles. The topological polar surface area (TPSA) is 60.0 Å². The molecule has 0 bridgehead atoms. The molecule has 0 amide bonds. The summed E-state index contributed by atoms with van der Waals surface area (Å²) in [5.41, 5.74) is 2.03. The smallest absolute Gasteiger partial charge is 0.118 e. The first kappa shape index (κ1) is 22.6. The number of nitrogens with one attached hydrogen (secondary N) is 1. The van der Waals surface area contributed by atoms with Gasteiger partial charge in [-0.15, -0.1) is 0 Å². The Bertz CT molecular complexity index is 699. The maximum atomic E-state index is 10.5. The van der Waals surface area contributed by atoms with Crippen LogP contribution in [-0.4, -0.2) is 44.6 Å². The normalized spacial score (nSPS) is 20.2. The standard InChI is InChI=1S/C25H35NO4/c1-18-6-4-5-7-24(18)26-16-21(27)17-30-25(19-8-12-22(28-2)13-9-19)20-10-14-23(29-3)15-11-20/h8-15,18,21,24-27H,4-7,16-17H2,1-3H3/t18-,21+,24-/m1/s1. The van der Waals surface area contributed by atoms with Crippen molar-refractivity contribution in [2.75, 3.05) is 27.4 Å². The van der Waals surface area contributed by atoms with Gasteiger partial charge in [-0.2, -0.15) is 0 Å². The van der Waals surface area contributed by atoms with E-state index in [0.717, 1.165) is 22.6 Å². The Morgan fingerprint density at radius 3 is 1.93 bits per heavy atom. The van der Waals surface area contributed by atoms with Crippen molar-refractivity contribution < 1.29 is 19.3 Å². The van der Waals surface area contributed by atoms with E-state index in [0.29, 0.717) is 18.5 Å². The van der Waals surface area contributed by atoms with E-state index in [2.05, 4.69) is 12.2 Å². The van der Waals surface area contributed by atoms with E-state index in [4.69, 9.17) is 14.2 Å². The van der Waals surface area contributed by atoms with Gasteiger partial charge in [0, 0.05) is 12.6 Å². The van der Waals surface area contributed by atoms with Crippen molar-refractivity contribution in [3.8, 4) is 11.5 Å². The van der Waals surface area contributed by atoms with E-state index in [-0.39, 0.29) is 12.7 Å². The maximum Gasteiger partial charge on any atom is 0.118 e. The minimum absolute atomic E-state index is 0.261. The third kappa shape index (κ3) is 6.21. The van der Waals surface area contributed by atoms with Gasteiger partial charge in [0.05, 0.1) is 26.9 Å². The van der Waals surface area contributed by atoms with Crippen molar-refractivity contribution in [2.24, 2.45) is 5.92 Å². The van der Waals surface area contributed by atoms with Gasteiger partial charge in [0.1, 0.15) is 17.6 Å². The average molecular weight is 414 g/mol. The number of rotatable bonds is 10. The third-order valence-electron chi connectivity index (χ3n) is 6.02. The Morgan fingerprint density at radius 2 is 1.43 bits per heavy atom. The van der Waals surface area contributed by atoms with E-state index in [1.807, 2.05) is 48.5 Å². The predicted molar refractivity (Wildman–Crippen MR) is 119 cm³/mol. The molecule has 0 spiro atoms. The SMILES string of the molecule is COc1ccc(C(OC[C@@H](O)CN[C@@H]2CCCC[C@H]2C)c2ccc(OC)cc2)cc1. The molecular formula is C25H35NO4. The molecular weight excluding hydrogens is 378 g/mol. The van der Waals surface area contributed by atoms with Gasteiger partial charge in [-0.05, 0) is 54.2 Å². The fraction of sp³-hybridized carbons (Fsp3) is 0.520. The monoisotopic (exact) mass is 413 g/mol. The lowest BCUT2D eigenvalue weighted by Gasteiger charge is -2.30.